The molecule has 1 aromatic rings. The van der Waals surface area contributed by atoms with Crippen molar-refractivity contribution in [2.24, 2.45) is 5.92 Å². The molecule has 2 saturated heterocycles. The van der Waals surface area contributed by atoms with Gasteiger partial charge in [-0.1, -0.05) is 0 Å². The molecule has 3 fully saturated rings. The molecule has 1 aliphatic carbocycles. The summed E-state index contributed by atoms with van der Waals surface area (Å²) in [6, 6.07) is 3.49. The Bertz CT molecular complexity index is 886. The first-order valence-corrected chi connectivity index (χ1v) is 12.1. The van der Waals surface area contributed by atoms with E-state index in [-0.39, 0.29) is 48.4 Å². The maximum Gasteiger partial charge on any atom is 0.374 e. The van der Waals surface area contributed by atoms with Crippen LogP contribution in [0.4, 0.5) is 0 Å². The van der Waals surface area contributed by atoms with Crippen molar-refractivity contribution in [3.8, 4) is 0 Å². The van der Waals surface area contributed by atoms with Gasteiger partial charge < -0.3 is 14.5 Å². The van der Waals surface area contributed by atoms with E-state index < -0.39 is 16.0 Å². The Morgan fingerprint density at radius 1 is 1.13 bits per heavy atom. The Kier molecular flexibility index (Phi) is 6.17. The summed E-state index contributed by atoms with van der Waals surface area (Å²) in [5.74, 6) is -0.988. The van der Waals surface area contributed by atoms with E-state index in [2.05, 4.69) is 10.2 Å². The van der Waals surface area contributed by atoms with Crippen LogP contribution in [0.5, 0.6) is 0 Å². The molecule has 10 heteroatoms. The molecule has 1 saturated carbocycles. The maximum absolute atomic E-state index is 12.8. The van der Waals surface area contributed by atoms with E-state index in [9.17, 15) is 18.0 Å². The Morgan fingerprint density at radius 3 is 2.53 bits per heavy atom. The lowest BCUT2D eigenvalue weighted by molar-refractivity contribution is -0.126. The predicted octanol–water partition coefficient (Wildman–Crippen LogP) is 1.21. The van der Waals surface area contributed by atoms with Crippen molar-refractivity contribution in [2.75, 3.05) is 32.8 Å². The lowest BCUT2D eigenvalue weighted by atomic mass is 9.97. The van der Waals surface area contributed by atoms with Crippen LogP contribution in [0.3, 0.4) is 0 Å². The topological polar surface area (TPSA) is 109 Å². The molecule has 166 valence electrons. The fraction of sp³-hybridized carbons (Fsp3) is 0.700. The number of sulfonamides is 1. The van der Waals surface area contributed by atoms with Crippen molar-refractivity contribution in [1.82, 2.24) is 14.5 Å². The summed E-state index contributed by atoms with van der Waals surface area (Å²) in [5.41, 5.74) is 0. The van der Waals surface area contributed by atoms with Crippen LogP contribution < -0.4 is 5.32 Å². The first kappa shape index (κ1) is 21.3. The van der Waals surface area contributed by atoms with Gasteiger partial charge in [0.2, 0.25) is 16.8 Å². The minimum absolute atomic E-state index is 0.0253. The van der Waals surface area contributed by atoms with Crippen molar-refractivity contribution in [3.05, 3.63) is 17.9 Å². The number of piperidine rings is 1. The van der Waals surface area contributed by atoms with E-state index in [1.165, 1.54) is 29.3 Å². The Morgan fingerprint density at radius 2 is 1.87 bits per heavy atom. The number of rotatable bonds is 7. The summed E-state index contributed by atoms with van der Waals surface area (Å²) >= 11 is 0. The van der Waals surface area contributed by atoms with Gasteiger partial charge in [0.15, 0.2) is 0 Å². The van der Waals surface area contributed by atoms with Crippen molar-refractivity contribution < 1.29 is 27.2 Å². The molecular weight excluding hydrogens is 410 g/mol. The van der Waals surface area contributed by atoms with Crippen LogP contribution in [0, 0.1) is 5.92 Å². The quantitative estimate of drug-likeness (QED) is 0.636. The Hall–Kier alpha value is -1.91. The summed E-state index contributed by atoms with van der Waals surface area (Å²) in [5, 5.41) is 2.88. The van der Waals surface area contributed by atoms with Crippen LogP contribution in [-0.4, -0.2) is 74.4 Å². The molecule has 4 rings (SSSR count). The second-order valence-corrected chi connectivity index (χ2v) is 10.1. The zero-order chi connectivity index (χ0) is 21.3. The molecule has 1 atom stereocenters. The zero-order valence-electron chi connectivity index (χ0n) is 17.2. The maximum atomic E-state index is 12.8. The molecule has 2 aliphatic heterocycles. The number of hydrogen-bond acceptors (Lipinski definition) is 7. The van der Waals surface area contributed by atoms with E-state index in [4.69, 9.17) is 9.15 Å². The highest BCUT2D eigenvalue weighted by molar-refractivity contribution is 7.89. The van der Waals surface area contributed by atoms with Gasteiger partial charge in [-0.3, -0.25) is 9.69 Å². The van der Waals surface area contributed by atoms with Gasteiger partial charge >= 0.3 is 5.97 Å². The van der Waals surface area contributed by atoms with Gasteiger partial charge in [-0.15, -0.1) is 0 Å². The molecule has 1 N–H and O–H groups in total. The molecule has 30 heavy (non-hydrogen) atoms. The van der Waals surface area contributed by atoms with Gasteiger partial charge in [-0.25, -0.2) is 13.2 Å². The average molecular weight is 440 g/mol. The first-order chi connectivity index (χ1) is 14.4. The SMILES string of the molecule is CCOC(=O)c1ccc(S(=O)(=O)N2CCC(C(=O)NC3CCN(C4CC4)C3)CC2)o1. The Labute approximate surface area is 176 Å². The summed E-state index contributed by atoms with van der Waals surface area (Å²) in [4.78, 5) is 26.8. The van der Waals surface area contributed by atoms with Gasteiger partial charge in [-0.2, -0.15) is 4.31 Å². The molecule has 1 amide bonds. The number of ether oxygens (including phenoxy) is 1. The number of carbonyl (C=O) groups excluding carboxylic acids is 2. The zero-order valence-corrected chi connectivity index (χ0v) is 18.0. The van der Waals surface area contributed by atoms with Crippen LogP contribution in [0.15, 0.2) is 21.6 Å². The number of esters is 1. The van der Waals surface area contributed by atoms with Gasteiger partial charge in [0, 0.05) is 44.2 Å². The molecule has 9 nitrogen and oxygen atoms in total. The smallest absolute Gasteiger partial charge is 0.374 e. The fourth-order valence-corrected chi connectivity index (χ4v) is 5.63. The third kappa shape index (κ3) is 4.55. The lowest BCUT2D eigenvalue weighted by Crippen LogP contribution is -2.46. The summed E-state index contributed by atoms with van der Waals surface area (Å²) in [7, 11) is -3.85. The highest BCUT2D eigenvalue weighted by atomic mass is 32.2. The standard InChI is InChI=1S/C20H29N3O6S/c1-2-28-20(25)17-5-6-18(29-17)30(26,27)23-11-7-14(8-12-23)19(24)21-15-9-10-22(13-15)16-3-4-16/h5-6,14-16H,2-4,7-13H2,1H3,(H,21,24). The number of nitrogens with zero attached hydrogens (tertiary/aromatic N) is 2. The number of likely N-dealkylation sites (tertiary alicyclic amines) is 1. The van der Waals surface area contributed by atoms with E-state index >= 15 is 0 Å². The first-order valence-electron chi connectivity index (χ1n) is 10.7. The van der Waals surface area contributed by atoms with Crippen LogP contribution in [0.25, 0.3) is 0 Å². The lowest BCUT2D eigenvalue weighted by Gasteiger charge is -2.30. The van der Waals surface area contributed by atoms with Crippen LogP contribution in [0.2, 0.25) is 0 Å². The summed E-state index contributed by atoms with van der Waals surface area (Å²) in [6.07, 6.45) is 4.46. The second-order valence-electron chi connectivity index (χ2n) is 8.24. The number of nitrogens with one attached hydrogen (secondary N) is 1. The van der Waals surface area contributed by atoms with Crippen molar-refractivity contribution in [1.29, 1.82) is 0 Å². The third-order valence-electron chi connectivity index (χ3n) is 6.11. The molecule has 0 spiro atoms. The van der Waals surface area contributed by atoms with Crippen LogP contribution >= 0.6 is 0 Å². The highest BCUT2D eigenvalue weighted by Crippen LogP contribution is 2.30. The minimum Gasteiger partial charge on any atom is -0.460 e. The second kappa shape index (κ2) is 8.68. The van der Waals surface area contributed by atoms with Gasteiger partial charge in [0.1, 0.15) is 0 Å². The fourth-order valence-electron chi connectivity index (χ4n) is 4.25. The Balaban J connectivity index is 1.29. The average Bonchev–Trinajstić information content (AvgIpc) is 3.26. The molecule has 3 heterocycles. The van der Waals surface area contributed by atoms with Crippen molar-refractivity contribution in [2.45, 2.75) is 56.2 Å². The molecule has 1 aromatic heterocycles. The largest absolute Gasteiger partial charge is 0.460 e. The monoisotopic (exact) mass is 439 g/mol. The van der Waals surface area contributed by atoms with E-state index in [0.717, 1.165) is 19.5 Å². The summed E-state index contributed by atoms with van der Waals surface area (Å²) in [6.45, 7) is 4.29. The third-order valence-corrected chi connectivity index (χ3v) is 7.88. The summed E-state index contributed by atoms with van der Waals surface area (Å²) < 4.78 is 37.0. The molecule has 1 unspecified atom stereocenters. The van der Waals surface area contributed by atoms with Crippen molar-refractivity contribution >= 4 is 21.9 Å². The number of hydrogen-bond donors (Lipinski definition) is 1. The van der Waals surface area contributed by atoms with Crippen molar-refractivity contribution in [3.63, 3.8) is 0 Å². The molecule has 0 aromatic carbocycles. The normalized spacial score (nSPS) is 24.1. The van der Waals surface area contributed by atoms with Gasteiger partial charge in [0.25, 0.3) is 10.0 Å². The predicted molar refractivity (Wildman–Crippen MR) is 107 cm³/mol. The van der Waals surface area contributed by atoms with Crippen LogP contribution in [-0.2, 0) is 19.6 Å². The molecule has 0 bridgehead atoms. The number of carbonyl (C=O) groups is 2. The number of furan rings is 1. The van der Waals surface area contributed by atoms with Gasteiger partial charge in [0.05, 0.1) is 6.61 Å². The van der Waals surface area contributed by atoms with Crippen LogP contribution in [0.1, 0.15) is 49.6 Å². The minimum atomic E-state index is -3.85. The van der Waals surface area contributed by atoms with E-state index in [0.29, 0.717) is 18.9 Å². The van der Waals surface area contributed by atoms with Gasteiger partial charge in [-0.05, 0) is 51.2 Å². The highest BCUT2D eigenvalue weighted by Gasteiger charge is 2.37. The molecule has 0 radical (unpaired) electrons. The van der Waals surface area contributed by atoms with E-state index in [1.54, 1.807) is 6.92 Å². The number of amides is 1. The van der Waals surface area contributed by atoms with E-state index in [1.807, 2.05) is 0 Å². The molecular formula is C20H29N3O6S. The molecule has 3 aliphatic rings.